The van der Waals surface area contributed by atoms with Crippen molar-refractivity contribution < 1.29 is 14.3 Å². The predicted molar refractivity (Wildman–Crippen MR) is 65.3 cm³/mol. The normalized spacial score (nSPS) is 29.8. The monoisotopic (exact) mass is 247 g/mol. The first kappa shape index (κ1) is 11.5. The first-order valence-electron chi connectivity index (χ1n) is 6.61. The van der Waals surface area contributed by atoms with Crippen LogP contribution in [-0.2, 0) is 9.53 Å². The summed E-state index contributed by atoms with van der Waals surface area (Å²) in [5.74, 6) is 0.0513. The molecule has 0 N–H and O–H groups in total. The Labute approximate surface area is 106 Å². The quantitative estimate of drug-likeness (QED) is 0.754. The molecule has 4 nitrogen and oxygen atoms in total. The fourth-order valence-electron chi connectivity index (χ4n) is 3.19. The van der Waals surface area contributed by atoms with E-state index in [4.69, 9.17) is 4.74 Å². The molecule has 1 aromatic heterocycles. The maximum atomic E-state index is 12.2. The third-order valence-corrected chi connectivity index (χ3v) is 4.08. The summed E-state index contributed by atoms with van der Waals surface area (Å²) in [6.45, 7) is 1.79. The molecular formula is C14H17NO3. The van der Waals surface area contributed by atoms with E-state index < -0.39 is 0 Å². The summed E-state index contributed by atoms with van der Waals surface area (Å²) in [4.78, 5) is 23.5. The number of nitrogens with zero attached hydrogens (tertiary/aromatic N) is 1. The van der Waals surface area contributed by atoms with Gasteiger partial charge in [0.1, 0.15) is 6.10 Å². The number of carbonyl (C=O) groups excluding carboxylic acids is 2. The van der Waals surface area contributed by atoms with Crippen LogP contribution in [0.15, 0.2) is 18.3 Å². The zero-order valence-electron chi connectivity index (χ0n) is 10.5. The molecule has 1 saturated carbocycles. The molecule has 0 bridgehead atoms. The van der Waals surface area contributed by atoms with Crippen molar-refractivity contribution in [1.82, 2.24) is 4.57 Å². The molecule has 1 aliphatic carbocycles. The average molecular weight is 247 g/mol. The van der Waals surface area contributed by atoms with E-state index >= 15 is 0 Å². The fraction of sp³-hybridized carbons (Fsp3) is 0.571. The van der Waals surface area contributed by atoms with Crippen molar-refractivity contribution in [1.29, 1.82) is 0 Å². The first-order valence-corrected chi connectivity index (χ1v) is 6.61. The van der Waals surface area contributed by atoms with Crippen molar-refractivity contribution in [2.75, 3.05) is 0 Å². The molecule has 0 radical (unpaired) electrons. The van der Waals surface area contributed by atoms with E-state index in [1.54, 1.807) is 6.92 Å². The van der Waals surface area contributed by atoms with Gasteiger partial charge in [-0.25, -0.2) is 0 Å². The molecule has 3 unspecified atom stereocenters. The molecule has 0 amide bonds. The molecule has 1 fully saturated rings. The van der Waals surface area contributed by atoms with Crippen LogP contribution in [0.2, 0.25) is 0 Å². The Hall–Kier alpha value is -1.58. The van der Waals surface area contributed by atoms with Gasteiger partial charge in [-0.05, 0) is 31.4 Å². The van der Waals surface area contributed by atoms with Crippen LogP contribution in [0.25, 0.3) is 0 Å². The minimum Gasteiger partial charge on any atom is -0.462 e. The van der Waals surface area contributed by atoms with E-state index in [0.717, 1.165) is 18.5 Å². The highest BCUT2D eigenvalue weighted by Crippen LogP contribution is 2.42. The second-order valence-corrected chi connectivity index (χ2v) is 5.12. The molecule has 3 rings (SSSR count). The van der Waals surface area contributed by atoms with E-state index in [-0.39, 0.29) is 29.8 Å². The second-order valence-electron chi connectivity index (χ2n) is 5.12. The third-order valence-electron chi connectivity index (χ3n) is 4.08. The highest BCUT2D eigenvalue weighted by atomic mass is 16.5. The van der Waals surface area contributed by atoms with Crippen molar-refractivity contribution in [2.24, 2.45) is 5.92 Å². The number of fused-ring (bicyclic) bond motifs is 3. The van der Waals surface area contributed by atoms with E-state index in [1.165, 1.54) is 0 Å². The zero-order valence-corrected chi connectivity index (χ0v) is 10.5. The van der Waals surface area contributed by atoms with Gasteiger partial charge in [-0.3, -0.25) is 9.59 Å². The summed E-state index contributed by atoms with van der Waals surface area (Å²) in [6.07, 6.45) is 4.76. The van der Waals surface area contributed by atoms with Crippen LogP contribution in [0.3, 0.4) is 0 Å². The van der Waals surface area contributed by atoms with Crippen LogP contribution in [0, 0.1) is 5.92 Å². The lowest BCUT2D eigenvalue weighted by Crippen LogP contribution is -2.31. The SMILES string of the molecule is CCC(=O)OC1CCC2C(C1)C(=O)c1cccn12. The van der Waals surface area contributed by atoms with Gasteiger partial charge in [-0.2, -0.15) is 0 Å². The number of carbonyl (C=O) groups is 2. The number of hydrogen-bond acceptors (Lipinski definition) is 3. The van der Waals surface area contributed by atoms with E-state index in [1.807, 2.05) is 18.3 Å². The molecule has 96 valence electrons. The van der Waals surface area contributed by atoms with Gasteiger partial charge in [-0.1, -0.05) is 6.92 Å². The van der Waals surface area contributed by atoms with Crippen LogP contribution >= 0.6 is 0 Å². The van der Waals surface area contributed by atoms with Crippen LogP contribution in [0.1, 0.15) is 49.1 Å². The number of hydrogen-bond donors (Lipinski definition) is 0. The molecule has 2 aliphatic rings. The summed E-state index contributed by atoms with van der Waals surface area (Å²) >= 11 is 0. The first-order chi connectivity index (χ1) is 8.70. The highest BCUT2D eigenvalue weighted by molar-refractivity contribution is 5.99. The van der Waals surface area contributed by atoms with Crippen molar-refractivity contribution in [3.8, 4) is 0 Å². The Morgan fingerprint density at radius 2 is 2.33 bits per heavy atom. The number of esters is 1. The fourth-order valence-corrected chi connectivity index (χ4v) is 3.19. The lowest BCUT2D eigenvalue weighted by atomic mass is 9.82. The predicted octanol–water partition coefficient (Wildman–Crippen LogP) is 2.35. The minimum atomic E-state index is -0.163. The summed E-state index contributed by atoms with van der Waals surface area (Å²) < 4.78 is 7.46. The van der Waals surface area contributed by atoms with Crippen molar-refractivity contribution in [3.63, 3.8) is 0 Å². The number of Topliss-reactive ketones (excluding diaryl/α,β-unsaturated/α-hetero) is 1. The largest absolute Gasteiger partial charge is 0.462 e. The molecule has 0 spiro atoms. The molecule has 0 saturated heterocycles. The molecule has 1 aromatic rings. The van der Waals surface area contributed by atoms with Crippen LogP contribution < -0.4 is 0 Å². The maximum absolute atomic E-state index is 12.2. The van der Waals surface area contributed by atoms with Gasteiger partial charge in [-0.15, -0.1) is 0 Å². The van der Waals surface area contributed by atoms with Gasteiger partial charge in [0.2, 0.25) is 0 Å². The van der Waals surface area contributed by atoms with Gasteiger partial charge >= 0.3 is 5.97 Å². The molecule has 1 aliphatic heterocycles. The van der Waals surface area contributed by atoms with Crippen molar-refractivity contribution in [2.45, 2.75) is 44.8 Å². The Bertz CT molecular complexity index is 491. The lowest BCUT2D eigenvalue weighted by Gasteiger charge is -2.31. The topological polar surface area (TPSA) is 48.3 Å². The minimum absolute atomic E-state index is 0.00426. The van der Waals surface area contributed by atoms with Gasteiger partial charge in [0, 0.05) is 24.6 Å². The summed E-state index contributed by atoms with van der Waals surface area (Å²) in [6, 6.07) is 4.08. The van der Waals surface area contributed by atoms with Gasteiger partial charge in [0.25, 0.3) is 0 Å². The molecule has 2 heterocycles. The van der Waals surface area contributed by atoms with Crippen LogP contribution in [0.4, 0.5) is 0 Å². The Balaban J connectivity index is 1.74. The Kier molecular flexibility index (Phi) is 2.73. The lowest BCUT2D eigenvalue weighted by molar-refractivity contribution is -0.151. The standard InChI is InChI=1S/C14H17NO3/c1-2-13(16)18-9-5-6-11-10(8-9)14(17)12-4-3-7-15(11)12/h3-4,7,9-11H,2,5-6,8H2,1H3. The number of rotatable bonds is 2. The summed E-state index contributed by atoms with van der Waals surface area (Å²) in [5, 5.41) is 0. The van der Waals surface area contributed by atoms with Gasteiger partial charge < -0.3 is 9.30 Å². The number of ether oxygens (including phenoxy) is 1. The Morgan fingerprint density at radius 3 is 3.11 bits per heavy atom. The smallest absolute Gasteiger partial charge is 0.305 e. The second kappa shape index (κ2) is 4.26. The Morgan fingerprint density at radius 1 is 1.50 bits per heavy atom. The molecular weight excluding hydrogens is 230 g/mol. The molecule has 0 aromatic carbocycles. The average Bonchev–Trinajstić information content (AvgIpc) is 2.94. The van der Waals surface area contributed by atoms with Crippen LogP contribution in [-0.4, -0.2) is 22.4 Å². The maximum Gasteiger partial charge on any atom is 0.305 e. The van der Waals surface area contributed by atoms with Crippen LogP contribution in [0.5, 0.6) is 0 Å². The van der Waals surface area contributed by atoms with Gasteiger partial charge in [0.05, 0.1) is 5.69 Å². The molecule has 18 heavy (non-hydrogen) atoms. The zero-order chi connectivity index (χ0) is 12.7. The molecule has 4 heteroatoms. The molecule has 3 atom stereocenters. The van der Waals surface area contributed by atoms with Crippen molar-refractivity contribution >= 4 is 11.8 Å². The van der Waals surface area contributed by atoms with Crippen molar-refractivity contribution in [3.05, 3.63) is 24.0 Å². The summed E-state index contributed by atoms with van der Waals surface area (Å²) in [7, 11) is 0. The highest BCUT2D eigenvalue weighted by Gasteiger charge is 2.43. The number of aromatic nitrogens is 1. The number of ketones is 1. The van der Waals surface area contributed by atoms with E-state index in [2.05, 4.69) is 4.57 Å². The third kappa shape index (κ3) is 1.67. The van der Waals surface area contributed by atoms with E-state index in [0.29, 0.717) is 12.8 Å². The van der Waals surface area contributed by atoms with E-state index in [9.17, 15) is 9.59 Å². The van der Waals surface area contributed by atoms with Gasteiger partial charge in [0.15, 0.2) is 5.78 Å². The summed E-state index contributed by atoms with van der Waals surface area (Å²) in [5.41, 5.74) is 0.812.